The average Bonchev–Trinajstić information content (AvgIpc) is 2.71. The van der Waals surface area contributed by atoms with Crippen molar-refractivity contribution in [3.63, 3.8) is 0 Å². The minimum atomic E-state index is -1.88. The first-order valence-corrected chi connectivity index (χ1v) is 8.72. The number of hydrogen-bond donors (Lipinski definition) is 4. The first-order valence-electron chi connectivity index (χ1n) is 8.72. The van der Waals surface area contributed by atoms with Crippen molar-refractivity contribution in [3.05, 3.63) is 75.1 Å². The maximum absolute atomic E-state index is 14.1. The van der Waals surface area contributed by atoms with Crippen LogP contribution in [-0.4, -0.2) is 45.0 Å². The fraction of sp³-hybridized carbons (Fsp3) is 0.263. The van der Waals surface area contributed by atoms with Crippen LogP contribution in [0.25, 0.3) is 0 Å². The van der Waals surface area contributed by atoms with E-state index in [1.807, 2.05) is 6.07 Å². The smallest absolute Gasteiger partial charge is 0.407 e. The number of carboxylic acid groups (broad SMARTS) is 1. The lowest BCUT2D eigenvalue weighted by molar-refractivity contribution is -0.385. The molecule has 2 rings (SSSR count). The van der Waals surface area contributed by atoms with Gasteiger partial charge in [0.2, 0.25) is 0 Å². The number of alkyl carbamates (subject to hydrolysis) is 1. The molecule has 4 N–H and O–H groups in total. The van der Waals surface area contributed by atoms with Crippen LogP contribution < -0.4 is 5.32 Å². The second-order valence-electron chi connectivity index (χ2n) is 6.24. The van der Waals surface area contributed by atoms with Crippen LogP contribution in [-0.2, 0) is 11.3 Å². The third-order valence-electron chi connectivity index (χ3n) is 4.15. The highest BCUT2D eigenvalue weighted by Gasteiger charge is 2.28. The summed E-state index contributed by atoms with van der Waals surface area (Å²) in [6.07, 6.45) is -4.47. The molecule has 0 aliphatic rings. The van der Waals surface area contributed by atoms with Gasteiger partial charge < -0.3 is 25.4 Å². The number of nitro benzene ring substituents is 1. The Bertz CT molecular complexity index is 922. The van der Waals surface area contributed by atoms with Crippen LogP contribution in [0.5, 0.6) is 0 Å². The highest BCUT2D eigenvalue weighted by molar-refractivity contribution is 5.92. The number of nitrogens with one attached hydrogen (secondary N) is 1. The molecule has 2 aromatic carbocycles. The molecule has 0 bridgehead atoms. The number of hydrogen-bond acceptors (Lipinski definition) is 7. The lowest BCUT2D eigenvalue weighted by atomic mass is 9.99. The maximum atomic E-state index is 14.1. The number of halogens is 1. The molecule has 0 aliphatic carbocycles. The number of aliphatic hydroxyl groups excluding tert-OH is 2. The third kappa shape index (κ3) is 5.96. The van der Waals surface area contributed by atoms with Crippen molar-refractivity contribution in [1.82, 2.24) is 5.32 Å². The van der Waals surface area contributed by atoms with E-state index in [0.29, 0.717) is 12.1 Å². The van der Waals surface area contributed by atoms with Crippen molar-refractivity contribution >= 4 is 17.7 Å². The van der Waals surface area contributed by atoms with E-state index in [1.54, 1.807) is 24.3 Å². The molecule has 0 spiro atoms. The summed E-state index contributed by atoms with van der Waals surface area (Å²) in [6, 6.07) is 9.86. The zero-order valence-corrected chi connectivity index (χ0v) is 15.5. The number of nitrogens with zero attached hydrogens (tertiary/aromatic N) is 1. The quantitative estimate of drug-likeness (QED) is 0.353. The van der Waals surface area contributed by atoms with Crippen molar-refractivity contribution in [3.8, 4) is 0 Å². The van der Waals surface area contributed by atoms with Gasteiger partial charge in [0, 0.05) is 18.2 Å². The van der Waals surface area contributed by atoms with Gasteiger partial charge in [-0.1, -0.05) is 30.3 Å². The van der Waals surface area contributed by atoms with E-state index in [1.165, 1.54) is 0 Å². The Hall–Kier alpha value is -3.57. The fourth-order valence-electron chi connectivity index (χ4n) is 2.59. The Morgan fingerprint density at radius 2 is 1.87 bits per heavy atom. The van der Waals surface area contributed by atoms with Crippen molar-refractivity contribution in [2.75, 3.05) is 6.54 Å². The Labute approximate surface area is 169 Å². The molecule has 11 heteroatoms. The first-order chi connectivity index (χ1) is 14.2. The molecule has 0 radical (unpaired) electrons. The number of rotatable bonds is 9. The number of nitro groups is 1. The second kappa shape index (κ2) is 10.3. The average molecular weight is 422 g/mol. The monoisotopic (exact) mass is 422 g/mol. The Balaban J connectivity index is 1.93. The summed E-state index contributed by atoms with van der Waals surface area (Å²) in [7, 11) is 0. The van der Waals surface area contributed by atoms with Crippen molar-refractivity contribution in [2.24, 2.45) is 0 Å². The summed E-state index contributed by atoms with van der Waals surface area (Å²) in [6.45, 7) is -0.106. The summed E-state index contributed by atoms with van der Waals surface area (Å²) in [5.74, 6) is -2.93. The summed E-state index contributed by atoms with van der Waals surface area (Å²) < 4.78 is 19.1. The van der Waals surface area contributed by atoms with Gasteiger partial charge >= 0.3 is 12.1 Å². The van der Waals surface area contributed by atoms with Crippen LogP contribution in [0.3, 0.4) is 0 Å². The van der Waals surface area contributed by atoms with Gasteiger partial charge in [0.15, 0.2) is 0 Å². The van der Waals surface area contributed by atoms with Crippen LogP contribution in [0.2, 0.25) is 0 Å². The van der Waals surface area contributed by atoms with Crippen molar-refractivity contribution < 1.29 is 39.0 Å². The summed E-state index contributed by atoms with van der Waals surface area (Å²) >= 11 is 0. The van der Waals surface area contributed by atoms with Crippen LogP contribution in [0.1, 0.15) is 34.0 Å². The van der Waals surface area contributed by atoms with E-state index in [0.717, 1.165) is 5.56 Å². The van der Waals surface area contributed by atoms with Gasteiger partial charge in [-0.05, 0) is 18.1 Å². The SMILES string of the molecule is O=C(NCCC(O)C(O)c1cc([N+](=O)[O-])c(C(=O)O)cc1F)OCc1ccccc1. The first kappa shape index (κ1) is 22.7. The molecule has 0 aromatic heterocycles. The van der Waals surface area contributed by atoms with Gasteiger partial charge in [0.05, 0.1) is 11.0 Å². The number of aromatic carboxylic acids is 1. The zero-order valence-electron chi connectivity index (χ0n) is 15.5. The predicted molar refractivity (Wildman–Crippen MR) is 100 cm³/mol. The molecule has 0 fully saturated rings. The van der Waals surface area contributed by atoms with E-state index >= 15 is 0 Å². The van der Waals surface area contributed by atoms with Crippen molar-refractivity contribution in [2.45, 2.75) is 25.2 Å². The molecule has 0 saturated heterocycles. The summed E-state index contributed by atoms with van der Waals surface area (Å²) in [5, 5.41) is 42.4. The van der Waals surface area contributed by atoms with Gasteiger partial charge in [0.25, 0.3) is 5.69 Å². The maximum Gasteiger partial charge on any atom is 0.407 e. The van der Waals surface area contributed by atoms with Gasteiger partial charge in [-0.25, -0.2) is 14.0 Å². The molecule has 2 atom stereocenters. The normalized spacial score (nSPS) is 12.6. The zero-order chi connectivity index (χ0) is 22.3. The van der Waals surface area contributed by atoms with Crippen molar-refractivity contribution in [1.29, 1.82) is 0 Å². The van der Waals surface area contributed by atoms with E-state index in [-0.39, 0.29) is 19.6 Å². The number of amides is 1. The molecular weight excluding hydrogens is 403 g/mol. The van der Waals surface area contributed by atoms with Crippen LogP contribution >= 0.6 is 0 Å². The summed E-state index contributed by atoms with van der Waals surface area (Å²) in [4.78, 5) is 32.6. The highest BCUT2D eigenvalue weighted by atomic mass is 19.1. The topological polar surface area (TPSA) is 159 Å². The molecule has 10 nitrogen and oxygen atoms in total. The van der Waals surface area contributed by atoms with E-state index < -0.39 is 51.8 Å². The summed E-state index contributed by atoms with van der Waals surface area (Å²) in [5.41, 5.74) is -1.67. The number of carbonyl (C=O) groups excluding carboxylic acids is 1. The highest BCUT2D eigenvalue weighted by Crippen LogP contribution is 2.29. The van der Waals surface area contributed by atoms with Gasteiger partial charge in [0.1, 0.15) is 24.1 Å². The molecule has 30 heavy (non-hydrogen) atoms. The van der Waals surface area contributed by atoms with Gasteiger partial charge in [-0.2, -0.15) is 0 Å². The largest absolute Gasteiger partial charge is 0.477 e. The Morgan fingerprint density at radius 1 is 1.20 bits per heavy atom. The number of aliphatic hydroxyl groups is 2. The van der Waals surface area contributed by atoms with E-state index in [4.69, 9.17) is 9.84 Å². The lowest BCUT2D eigenvalue weighted by Crippen LogP contribution is -2.30. The number of benzene rings is 2. The predicted octanol–water partition coefficient (Wildman–Crippen LogP) is 2.14. The van der Waals surface area contributed by atoms with Gasteiger partial charge in [-0.15, -0.1) is 0 Å². The van der Waals surface area contributed by atoms with E-state index in [2.05, 4.69) is 5.32 Å². The molecule has 0 heterocycles. The van der Waals surface area contributed by atoms with Crippen LogP contribution in [0.4, 0.5) is 14.9 Å². The minimum absolute atomic E-state index is 0.0304. The Kier molecular flexibility index (Phi) is 7.78. The number of carboxylic acids is 1. The second-order valence-corrected chi connectivity index (χ2v) is 6.24. The molecule has 0 aliphatic heterocycles. The standard InChI is InChI=1S/C19H19FN2O8/c20-14-8-13(18(25)26)15(22(28)29)9-12(14)17(24)16(23)6-7-21-19(27)30-10-11-4-2-1-3-5-11/h1-5,8-9,16-17,23-24H,6-7,10H2,(H,21,27)(H,25,26). The number of carbonyl (C=O) groups is 2. The molecular formula is C19H19FN2O8. The minimum Gasteiger partial charge on any atom is -0.477 e. The molecule has 2 aromatic rings. The molecule has 2 unspecified atom stereocenters. The molecule has 0 saturated carbocycles. The molecule has 1 amide bonds. The van der Waals surface area contributed by atoms with Crippen LogP contribution in [0.15, 0.2) is 42.5 Å². The van der Waals surface area contributed by atoms with Gasteiger partial charge in [-0.3, -0.25) is 10.1 Å². The van der Waals surface area contributed by atoms with Crippen LogP contribution in [0, 0.1) is 15.9 Å². The number of ether oxygens (including phenoxy) is 1. The molecule has 160 valence electrons. The van der Waals surface area contributed by atoms with E-state index in [9.17, 15) is 34.3 Å². The Morgan fingerprint density at radius 3 is 2.47 bits per heavy atom. The lowest BCUT2D eigenvalue weighted by Gasteiger charge is -2.19. The fourth-order valence-corrected chi connectivity index (χ4v) is 2.59. The third-order valence-corrected chi connectivity index (χ3v) is 4.15.